The van der Waals surface area contributed by atoms with E-state index in [-0.39, 0.29) is 0 Å². The van der Waals surface area contributed by atoms with Crippen molar-refractivity contribution in [1.29, 1.82) is 0 Å². The molecular formula is C6H8ClN3S. The van der Waals surface area contributed by atoms with Crippen LogP contribution in [0.5, 0.6) is 0 Å². The summed E-state index contributed by atoms with van der Waals surface area (Å²) in [6.07, 6.45) is 1.60. The van der Waals surface area contributed by atoms with E-state index in [1.165, 1.54) is 11.3 Å². The van der Waals surface area contributed by atoms with Crippen molar-refractivity contribution in [2.45, 2.75) is 0 Å². The molecule has 0 radical (unpaired) electrons. The van der Waals surface area contributed by atoms with Gasteiger partial charge in [0.25, 0.3) is 0 Å². The number of hydrogen-bond donors (Lipinski definition) is 2. The Bertz CT molecular complexity index is 258. The van der Waals surface area contributed by atoms with Crippen LogP contribution in [-0.4, -0.2) is 11.5 Å². The van der Waals surface area contributed by atoms with Gasteiger partial charge < -0.3 is 11.1 Å². The van der Waals surface area contributed by atoms with Crippen LogP contribution in [-0.2, 0) is 0 Å². The molecule has 1 heterocycles. The average Bonchev–Trinajstić information content (AvgIpc) is 2.31. The highest BCUT2D eigenvalue weighted by Gasteiger charge is 1.96. The van der Waals surface area contributed by atoms with E-state index in [4.69, 9.17) is 17.3 Å². The molecule has 5 heteroatoms. The number of rotatable bonds is 3. The minimum absolute atomic E-state index is 0.522. The number of aromatic nitrogens is 1. The lowest BCUT2D eigenvalue weighted by atomic mass is 10.6. The Kier molecular flexibility index (Phi) is 2.73. The van der Waals surface area contributed by atoms with Crippen molar-refractivity contribution < 1.29 is 0 Å². The Hall–Kier alpha value is -0.740. The summed E-state index contributed by atoms with van der Waals surface area (Å²) in [4.78, 5) is 3.97. The molecule has 0 aromatic carbocycles. The molecule has 3 nitrogen and oxygen atoms in total. The SMILES string of the molecule is C=C(Cl)CNc1ncc(N)s1. The highest BCUT2D eigenvalue weighted by molar-refractivity contribution is 7.19. The maximum Gasteiger partial charge on any atom is 0.184 e. The van der Waals surface area contributed by atoms with Crippen LogP contribution in [0, 0.1) is 0 Å². The molecule has 0 saturated carbocycles. The molecule has 0 atom stereocenters. The molecule has 0 saturated heterocycles. The van der Waals surface area contributed by atoms with Gasteiger partial charge in [-0.25, -0.2) is 4.98 Å². The lowest BCUT2D eigenvalue weighted by Crippen LogP contribution is -1.99. The first kappa shape index (κ1) is 8.36. The predicted molar refractivity (Wildman–Crippen MR) is 50.0 cm³/mol. The van der Waals surface area contributed by atoms with Crippen molar-refractivity contribution in [3.8, 4) is 0 Å². The number of nitrogens with two attached hydrogens (primary N) is 1. The van der Waals surface area contributed by atoms with Crippen molar-refractivity contribution in [3.05, 3.63) is 17.8 Å². The highest BCUT2D eigenvalue weighted by Crippen LogP contribution is 2.19. The minimum Gasteiger partial charge on any atom is -0.389 e. The smallest absolute Gasteiger partial charge is 0.184 e. The summed E-state index contributed by atoms with van der Waals surface area (Å²) in [5.74, 6) is 0. The van der Waals surface area contributed by atoms with Gasteiger partial charge in [-0.05, 0) is 0 Å². The van der Waals surface area contributed by atoms with E-state index in [0.717, 1.165) is 5.13 Å². The van der Waals surface area contributed by atoms with Crippen molar-refractivity contribution in [2.75, 3.05) is 17.6 Å². The van der Waals surface area contributed by atoms with Crippen LogP contribution >= 0.6 is 22.9 Å². The topological polar surface area (TPSA) is 50.9 Å². The highest BCUT2D eigenvalue weighted by atomic mass is 35.5. The van der Waals surface area contributed by atoms with Gasteiger partial charge in [0, 0.05) is 5.03 Å². The molecule has 0 fully saturated rings. The summed E-state index contributed by atoms with van der Waals surface area (Å²) in [5.41, 5.74) is 5.45. The zero-order valence-electron chi connectivity index (χ0n) is 5.80. The fraction of sp³-hybridized carbons (Fsp3) is 0.167. The number of hydrogen-bond acceptors (Lipinski definition) is 4. The van der Waals surface area contributed by atoms with Crippen molar-refractivity contribution in [2.24, 2.45) is 0 Å². The van der Waals surface area contributed by atoms with Gasteiger partial charge in [-0.3, -0.25) is 0 Å². The number of nitrogens with zero attached hydrogens (tertiary/aromatic N) is 1. The summed E-state index contributed by atoms with van der Waals surface area (Å²) in [6, 6.07) is 0. The molecule has 0 bridgehead atoms. The van der Waals surface area contributed by atoms with Crippen LogP contribution in [0.3, 0.4) is 0 Å². The van der Waals surface area contributed by atoms with Crippen molar-refractivity contribution >= 4 is 33.1 Å². The molecule has 1 aromatic heterocycles. The maximum absolute atomic E-state index is 5.52. The Morgan fingerprint density at radius 1 is 1.91 bits per heavy atom. The second-order valence-corrected chi connectivity index (χ2v) is 3.54. The van der Waals surface area contributed by atoms with Gasteiger partial charge in [-0.1, -0.05) is 29.5 Å². The second kappa shape index (κ2) is 3.59. The summed E-state index contributed by atoms with van der Waals surface area (Å²) < 4.78 is 0. The summed E-state index contributed by atoms with van der Waals surface area (Å²) in [6.45, 7) is 4.05. The Morgan fingerprint density at radius 2 is 2.64 bits per heavy atom. The van der Waals surface area contributed by atoms with Gasteiger partial charge in [0.05, 0.1) is 12.7 Å². The van der Waals surface area contributed by atoms with Crippen LogP contribution in [0.15, 0.2) is 17.8 Å². The van der Waals surface area contributed by atoms with Crippen LogP contribution in [0.25, 0.3) is 0 Å². The van der Waals surface area contributed by atoms with E-state index in [9.17, 15) is 0 Å². The van der Waals surface area contributed by atoms with E-state index >= 15 is 0 Å². The quantitative estimate of drug-likeness (QED) is 0.764. The third-order valence-corrected chi connectivity index (χ3v) is 1.87. The molecule has 0 amide bonds. The van der Waals surface area contributed by atoms with E-state index in [1.54, 1.807) is 6.20 Å². The standard InChI is InChI=1S/C6H8ClN3S/c1-4(7)2-9-6-10-3-5(8)11-6/h3H,1-2,8H2,(H,9,10). The summed E-state index contributed by atoms with van der Waals surface area (Å²) in [5, 5.41) is 4.97. The largest absolute Gasteiger partial charge is 0.389 e. The van der Waals surface area contributed by atoms with Gasteiger partial charge in [0.2, 0.25) is 0 Å². The van der Waals surface area contributed by atoms with Crippen LogP contribution in [0.1, 0.15) is 0 Å². The number of thiazole rings is 1. The molecule has 0 unspecified atom stereocenters. The van der Waals surface area contributed by atoms with Gasteiger partial charge in [0.1, 0.15) is 5.00 Å². The first-order valence-electron chi connectivity index (χ1n) is 2.97. The number of halogens is 1. The van der Waals surface area contributed by atoms with Crippen LogP contribution in [0.2, 0.25) is 0 Å². The van der Waals surface area contributed by atoms with E-state index in [1.807, 2.05) is 0 Å². The predicted octanol–water partition coefficient (Wildman–Crippen LogP) is 1.89. The van der Waals surface area contributed by atoms with Gasteiger partial charge in [0.15, 0.2) is 5.13 Å². The monoisotopic (exact) mass is 189 g/mol. The molecule has 3 N–H and O–H groups in total. The molecule has 0 aliphatic rings. The zero-order valence-corrected chi connectivity index (χ0v) is 7.37. The summed E-state index contributed by atoms with van der Waals surface area (Å²) in [7, 11) is 0. The molecular weight excluding hydrogens is 182 g/mol. The summed E-state index contributed by atoms with van der Waals surface area (Å²) >= 11 is 6.91. The molecule has 0 aliphatic heterocycles. The van der Waals surface area contributed by atoms with Crippen LogP contribution < -0.4 is 11.1 Å². The van der Waals surface area contributed by atoms with Gasteiger partial charge in [-0.15, -0.1) is 0 Å². The molecule has 11 heavy (non-hydrogen) atoms. The lowest BCUT2D eigenvalue weighted by Gasteiger charge is -1.97. The van der Waals surface area contributed by atoms with E-state index < -0.39 is 0 Å². The van der Waals surface area contributed by atoms with Crippen molar-refractivity contribution in [3.63, 3.8) is 0 Å². The van der Waals surface area contributed by atoms with Gasteiger partial charge >= 0.3 is 0 Å². The van der Waals surface area contributed by atoms with Gasteiger partial charge in [-0.2, -0.15) is 0 Å². The number of nitrogen functional groups attached to an aromatic ring is 1. The minimum atomic E-state index is 0.522. The normalized spacial score (nSPS) is 9.55. The first-order chi connectivity index (χ1) is 5.18. The third kappa shape index (κ3) is 2.78. The molecule has 1 rings (SSSR count). The van der Waals surface area contributed by atoms with Crippen LogP contribution in [0.4, 0.5) is 10.1 Å². The second-order valence-electron chi connectivity index (χ2n) is 1.94. The van der Waals surface area contributed by atoms with Crippen molar-refractivity contribution in [1.82, 2.24) is 4.98 Å². The fourth-order valence-electron chi connectivity index (χ4n) is 0.540. The fourth-order valence-corrected chi connectivity index (χ4v) is 1.19. The first-order valence-corrected chi connectivity index (χ1v) is 4.16. The maximum atomic E-state index is 5.52. The third-order valence-electron chi connectivity index (χ3n) is 0.955. The van der Waals surface area contributed by atoms with E-state index in [0.29, 0.717) is 16.6 Å². The zero-order chi connectivity index (χ0) is 8.27. The Labute approximate surface area is 73.9 Å². The van der Waals surface area contributed by atoms with E-state index in [2.05, 4.69) is 16.9 Å². The molecule has 0 spiro atoms. The molecule has 60 valence electrons. The molecule has 1 aromatic rings. The Morgan fingerprint density at radius 3 is 3.09 bits per heavy atom. The average molecular weight is 190 g/mol. The Balaban J connectivity index is 2.45. The lowest BCUT2D eigenvalue weighted by molar-refractivity contribution is 1.27. The molecule has 0 aliphatic carbocycles. The number of nitrogens with one attached hydrogen (secondary N) is 1. The number of anilines is 2.